The van der Waals surface area contributed by atoms with Crippen LogP contribution in [0.5, 0.6) is 34.5 Å². The molecular formula is C96H132O18. The zero-order valence-corrected chi connectivity index (χ0v) is 69.4. The lowest BCUT2D eigenvalue weighted by Gasteiger charge is -2.47. The number of carbonyl (C=O) groups is 6. The Bertz CT molecular complexity index is 2990. The quantitative estimate of drug-likeness (QED) is 0.0197. The summed E-state index contributed by atoms with van der Waals surface area (Å²) in [6, 6.07) is 37.5. The maximum Gasteiger partial charge on any atom is 0.338 e. The third-order valence-electron chi connectivity index (χ3n) is 20.5. The molecule has 0 amide bonds. The van der Waals surface area contributed by atoms with Crippen molar-refractivity contribution < 1.29 is 85.6 Å². The highest BCUT2D eigenvalue weighted by atomic mass is 16.7. The Labute approximate surface area is 680 Å². The van der Waals surface area contributed by atoms with Crippen LogP contribution in [-0.4, -0.2) is 112 Å². The summed E-state index contributed by atoms with van der Waals surface area (Å²) in [5.41, 5.74) is -0.0955. The molecule has 0 atom stereocenters. The van der Waals surface area contributed by atoms with E-state index < -0.39 is 72.4 Å². The number of ether oxygens (including phenoxy) is 12. The van der Waals surface area contributed by atoms with Gasteiger partial charge in [0.15, 0.2) is 36.6 Å². The fourth-order valence-electron chi connectivity index (χ4n) is 13.6. The number of hydrogen-bond acceptors (Lipinski definition) is 18. The van der Waals surface area contributed by atoms with Crippen molar-refractivity contribution in [3.05, 3.63) is 179 Å². The third kappa shape index (κ3) is 34.2. The number of esters is 6. The van der Waals surface area contributed by atoms with Gasteiger partial charge in [-0.15, -0.1) is 0 Å². The molecule has 1 aliphatic carbocycles. The Morgan fingerprint density at radius 2 is 0.289 bits per heavy atom. The molecule has 0 aliphatic heterocycles. The van der Waals surface area contributed by atoms with Gasteiger partial charge in [0.25, 0.3) is 0 Å². The fraction of sp³-hybridized carbons (Fsp3) is 0.562. The summed E-state index contributed by atoms with van der Waals surface area (Å²) in [5, 5.41) is 0. The molecule has 624 valence electrons. The number of benzene rings is 6. The van der Waals surface area contributed by atoms with Crippen molar-refractivity contribution in [1.29, 1.82) is 0 Å². The first-order chi connectivity index (χ1) is 55.9. The molecule has 18 heteroatoms. The van der Waals surface area contributed by atoms with Crippen molar-refractivity contribution >= 4 is 35.8 Å². The van der Waals surface area contributed by atoms with E-state index in [0.29, 0.717) is 74.1 Å². The molecule has 18 nitrogen and oxygen atoms in total. The van der Waals surface area contributed by atoms with Gasteiger partial charge in [-0.3, -0.25) is 0 Å². The van der Waals surface area contributed by atoms with E-state index in [-0.39, 0.29) is 33.4 Å². The Morgan fingerprint density at radius 3 is 0.412 bits per heavy atom. The molecule has 0 aromatic heterocycles. The Morgan fingerprint density at radius 1 is 0.175 bits per heavy atom. The normalized spacial score (nSPS) is 15.7. The summed E-state index contributed by atoms with van der Waals surface area (Å²) in [6.07, 6.45) is 25.9. The highest BCUT2D eigenvalue weighted by Gasteiger charge is 2.62. The summed E-state index contributed by atoms with van der Waals surface area (Å²) >= 11 is 0. The molecule has 6 aromatic carbocycles. The Kier molecular flexibility index (Phi) is 44.8. The molecule has 0 heterocycles. The monoisotopic (exact) mass is 1570 g/mol. The Hall–Kier alpha value is -9.06. The van der Waals surface area contributed by atoms with Crippen LogP contribution in [0.2, 0.25) is 0 Å². The average molecular weight is 1570 g/mol. The number of hydrogen-bond donors (Lipinski definition) is 0. The van der Waals surface area contributed by atoms with Crippen molar-refractivity contribution in [3.63, 3.8) is 0 Å². The molecule has 1 fully saturated rings. The standard InChI is InChI=1S/C96H132O18/c1-7-13-19-25-31-37-67-103-79-55-43-73(44-56-79)91(97)109-85-86(110-92(98)74-45-57-80(58-46-74)104-68-38-32-26-20-14-8-2)88(112-94(100)76-49-61-82(62-50-76)106-70-40-34-28-22-16-10-4)90(114-96(102)78-53-65-84(66-54-78)108-72-42-36-30-24-18-12-6)89(113-95(101)77-51-63-83(64-52-77)107-71-41-35-29-23-17-11-5)87(85)111-93(99)75-47-59-81(60-48-75)105-69-39-33-27-21-15-9-3/h43-66,85-90H,7-42,67-72H2,1-6H3. The van der Waals surface area contributed by atoms with Gasteiger partial charge in [0.05, 0.1) is 73.0 Å². The topological polar surface area (TPSA) is 213 Å². The molecule has 6 aromatic rings. The lowest BCUT2D eigenvalue weighted by Crippen LogP contribution is -2.69. The number of carbonyl (C=O) groups excluding carboxylic acids is 6. The third-order valence-corrected chi connectivity index (χ3v) is 20.5. The first-order valence-electron chi connectivity index (χ1n) is 43.5. The van der Waals surface area contributed by atoms with E-state index in [0.717, 1.165) is 193 Å². The van der Waals surface area contributed by atoms with Crippen LogP contribution in [0.4, 0.5) is 0 Å². The summed E-state index contributed by atoms with van der Waals surface area (Å²) in [5.74, 6) is -3.23. The highest BCUT2D eigenvalue weighted by Crippen LogP contribution is 2.38. The van der Waals surface area contributed by atoms with Gasteiger partial charge >= 0.3 is 35.8 Å². The van der Waals surface area contributed by atoms with Crippen molar-refractivity contribution in [2.45, 2.75) is 309 Å². The highest BCUT2D eigenvalue weighted by molar-refractivity contribution is 5.94. The Balaban J connectivity index is 1.37. The molecular weight excluding hydrogens is 1440 g/mol. The maximum atomic E-state index is 15.4. The van der Waals surface area contributed by atoms with Gasteiger partial charge in [0.2, 0.25) is 0 Å². The largest absolute Gasteiger partial charge is 0.494 e. The van der Waals surface area contributed by atoms with Crippen molar-refractivity contribution in [1.82, 2.24) is 0 Å². The smallest absolute Gasteiger partial charge is 0.338 e. The van der Waals surface area contributed by atoms with E-state index in [1.165, 1.54) is 111 Å². The lowest BCUT2D eigenvalue weighted by atomic mass is 9.83. The van der Waals surface area contributed by atoms with Crippen LogP contribution in [0.15, 0.2) is 146 Å². The van der Waals surface area contributed by atoms with Crippen LogP contribution < -0.4 is 28.4 Å². The minimum absolute atomic E-state index is 0.0159. The molecule has 0 saturated heterocycles. The first-order valence-corrected chi connectivity index (χ1v) is 43.5. The fourth-order valence-corrected chi connectivity index (χ4v) is 13.6. The summed E-state index contributed by atoms with van der Waals surface area (Å²) < 4.78 is 76.7. The molecule has 114 heavy (non-hydrogen) atoms. The average Bonchev–Trinajstić information content (AvgIpc) is 0.748. The number of rotatable bonds is 60. The molecule has 1 saturated carbocycles. The predicted molar refractivity (Wildman–Crippen MR) is 447 cm³/mol. The molecule has 0 bridgehead atoms. The van der Waals surface area contributed by atoms with Crippen LogP contribution in [0.3, 0.4) is 0 Å². The van der Waals surface area contributed by atoms with E-state index in [1.807, 2.05) is 0 Å². The second-order valence-electron chi connectivity index (χ2n) is 30.1. The minimum Gasteiger partial charge on any atom is -0.494 e. The molecule has 7 rings (SSSR count). The second-order valence-corrected chi connectivity index (χ2v) is 30.1. The van der Waals surface area contributed by atoms with Gasteiger partial charge in [-0.2, -0.15) is 0 Å². The molecule has 1 aliphatic rings. The van der Waals surface area contributed by atoms with Gasteiger partial charge in [-0.1, -0.05) is 234 Å². The summed E-state index contributed by atoms with van der Waals surface area (Å²) in [7, 11) is 0. The van der Waals surface area contributed by atoms with Crippen molar-refractivity contribution in [3.8, 4) is 34.5 Å². The van der Waals surface area contributed by atoms with Gasteiger partial charge in [-0.25, -0.2) is 28.8 Å². The zero-order chi connectivity index (χ0) is 81.0. The van der Waals surface area contributed by atoms with Gasteiger partial charge < -0.3 is 56.8 Å². The molecule has 0 radical (unpaired) electrons. The predicted octanol–water partition coefficient (Wildman–Crippen LogP) is 23.8. The summed E-state index contributed by atoms with van der Waals surface area (Å²) in [4.78, 5) is 92.4. The van der Waals surface area contributed by atoms with E-state index in [2.05, 4.69) is 41.5 Å². The molecule has 0 unspecified atom stereocenters. The van der Waals surface area contributed by atoms with E-state index in [9.17, 15) is 0 Å². The van der Waals surface area contributed by atoms with E-state index >= 15 is 28.8 Å². The first kappa shape index (κ1) is 92.1. The van der Waals surface area contributed by atoms with Crippen LogP contribution >= 0.6 is 0 Å². The van der Waals surface area contributed by atoms with Crippen molar-refractivity contribution in [2.24, 2.45) is 0 Å². The minimum atomic E-state index is -2.06. The van der Waals surface area contributed by atoms with Gasteiger partial charge in [0, 0.05) is 0 Å². The molecule has 0 spiro atoms. The van der Waals surface area contributed by atoms with Crippen LogP contribution in [0, 0.1) is 0 Å². The zero-order valence-electron chi connectivity index (χ0n) is 69.4. The van der Waals surface area contributed by atoms with Crippen LogP contribution in [-0.2, 0) is 28.4 Å². The second kappa shape index (κ2) is 55.4. The van der Waals surface area contributed by atoms with Gasteiger partial charge in [0.1, 0.15) is 34.5 Å². The SMILES string of the molecule is CCCCCCCCOc1ccc(C(=O)OC2C(OC(=O)c3ccc(OCCCCCCCC)cc3)C(OC(=O)c3ccc(OCCCCCCCC)cc3)C(OC(=O)c3ccc(OCCCCCCCC)cc3)C(OC(=O)c3ccc(OCCCCCCCC)cc3)C2OC(=O)c2ccc(OCCCCCCCC)cc2)cc1. The van der Waals surface area contributed by atoms with Crippen LogP contribution in [0.25, 0.3) is 0 Å². The number of unbranched alkanes of at least 4 members (excludes halogenated alkanes) is 30. The summed E-state index contributed by atoms with van der Waals surface area (Å²) in [6.45, 7) is 15.7. The van der Waals surface area contributed by atoms with E-state index in [1.54, 1.807) is 72.8 Å². The molecule has 0 N–H and O–H groups in total. The maximum absolute atomic E-state index is 15.4. The van der Waals surface area contributed by atoms with E-state index in [4.69, 9.17) is 56.8 Å². The van der Waals surface area contributed by atoms with Gasteiger partial charge in [-0.05, 0) is 184 Å². The lowest BCUT2D eigenvalue weighted by molar-refractivity contribution is -0.223. The van der Waals surface area contributed by atoms with Crippen LogP contribution in [0.1, 0.15) is 335 Å². The van der Waals surface area contributed by atoms with Crippen molar-refractivity contribution in [2.75, 3.05) is 39.6 Å².